The van der Waals surface area contributed by atoms with E-state index in [-0.39, 0.29) is 0 Å². The first-order valence-electron chi connectivity index (χ1n) is 6.23. The summed E-state index contributed by atoms with van der Waals surface area (Å²) in [7, 11) is 1.54. The Balaban J connectivity index is 0.000000200. The number of carbonyl (C=O) groups excluding carboxylic acids is 2. The average Bonchev–Trinajstić information content (AvgIpc) is 2.48. The summed E-state index contributed by atoms with van der Waals surface area (Å²) in [5, 5.41) is 0. The summed E-state index contributed by atoms with van der Waals surface area (Å²) in [6.07, 6.45) is 1.68. The van der Waals surface area contributed by atoms with Crippen LogP contribution in [0.25, 0.3) is 0 Å². The van der Waals surface area contributed by atoms with Crippen LogP contribution in [0.1, 0.15) is 31.8 Å². The minimum Gasteiger partial charge on any atom is -0.496 e. The van der Waals surface area contributed by atoms with Crippen LogP contribution in [0, 0.1) is 13.8 Å². The first-order valence-corrected chi connectivity index (χ1v) is 6.23. The molecular formula is C17H18O3. The number of ether oxygens (including phenoxy) is 1. The van der Waals surface area contributed by atoms with Crippen molar-refractivity contribution in [2.75, 3.05) is 7.11 Å². The smallest absolute Gasteiger partial charge is 0.153 e. The van der Waals surface area contributed by atoms with Gasteiger partial charge < -0.3 is 4.74 Å². The highest BCUT2D eigenvalue weighted by atomic mass is 16.5. The molecule has 2 aromatic carbocycles. The molecule has 0 atom stereocenters. The van der Waals surface area contributed by atoms with Crippen molar-refractivity contribution >= 4 is 12.6 Å². The number of aryl methyl sites for hydroxylation is 2. The summed E-state index contributed by atoms with van der Waals surface area (Å²) in [5.74, 6) is 0.623. The normalized spacial score (nSPS) is 9.15. The van der Waals surface area contributed by atoms with Crippen molar-refractivity contribution < 1.29 is 14.3 Å². The van der Waals surface area contributed by atoms with Gasteiger partial charge in [0.15, 0.2) is 12.6 Å². The van der Waals surface area contributed by atoms with E-state index in [0.717, 1.165) is 29.3 Å². The molecule has 0 heterocycles. The van der Waals surface area contributed by atoms with Crippen molar-refractivity contribution in [3.8, 4) is 5.75 Å². The van der Waals surface area contributed by atoms with E-state index in [1.807, 2.05) is 38.1 Å². The van der Waals surface area contributed by atoms with Crippen LogP contribution in [0.15, 0.2) is 42.5 Å². The lowest BCUT2D eigenvalue weighted by Crippen LogP contribution is -1.89. The van der Waals surface area contributed by atoms with Gasteiger partial charge in [-0.2, -0.15) is 0 Å². The Labute approximate surface area is 119 Å². The maximum absolute atomic E-state index is 10.4. The monoisotopic (exact) mass is 270 g/mol. The van der Waals surface area contributed by atoms with Crippen molar-refractivity contribution in [2.24, 2.45) is 0 Å². The van der Waals surface area contributed by atoms with Gasteiger partial charge in [-0.1, -0.05) is 30.3 Å². The van der Waals surface area contributed by atoms with Crippen LogP contribution in [0.4, 0.5) is 0 Å². The zero-order chi connectivity index (χ0) is 15.0. The summed E-state index contributed by atoms with van der Waals surface area (Å²) >= 11 is 0. The number of carbonyl (C=O) groups is 2. The molecule has 0 aliphatic heterocycles. The Kier molecular flexibility index (Phi) is 6.17. The lowest BCUT2D eigenvalue weighted by Gasteiger charge is -1.99. The van der Waals surface area contributed by atoms with Crippen LogP contribution in [-0.4, -0.2) is 19.7 Å². The minimum atomic E-state index is 0.588. The zero-order valence-corrected chi connectivity index (χ0v) is 11.9. The minimum absolute atomic E-state index is 0.588. The van der Waals surface area contributed by atoms with Crippen LogP contribution in [-0.2, 0) is 0 Å². The van der Waals surface area contributed by atoms with Crippen LogP contribution >= 0.6 is 0 Å². The highest BCUT2D eigenvalue weighted by molar-refractivity contribution is 5.79. The molecule has 0 aromatic heterocycles. The van der Waals surface area contributed by atoms with Crippen molar-refractivity contribution in [2.45, 2.75) is 13.8 Å². The second-order valence-corrected chi connectivity index (χ2v) is 4.28. The van der Waals surface area contributed by atoms with Crippen molar-refractivity contribution in [1.29, 1.82) is 0 Å². The molecule has 3 nitrogen and oxygen atoms in total. The third kappa shape index (κ3) is 4.05. The Bertz CT molecular complexity index is 568. The number of para-hydroxylation sites is 1. The summed E-state index contributed by atoms with van der Waals surface area (Å²) in [6.45, 7) is 3.88. The Morgan fingerprint density at radius 3 is 1.85 bits per heavy atom. The summed E-state index contributed by atoms with van der Waals surface area (Å²) in [6, 6.07) is 12.9. The Morgan fingerprint density at radius 1 is 0.850 bits per heavy atom. The third-order valence-corrected chi connectivity index (χ3v) is 2.93. The fraction of sp³-hybridized carbons (Fsp3) is 0.176. The molecule has 0 spiro atoms. The lowest BCUT2D eigenvalue weighted by atomic mass is 10.1. The molecule has 3 heteroatoms. The van der Waals surface area contributed by atoms with Gasteiger partial charge in [0.1, 0.15) is 5.75 Å². The topological polar surface area (TPSA) is 43.4 Å². The number of hydrogen-bond donors (Lipinski definition) is 0. The van der Waals surface area contributed by atoms with E-state index in [4.69, 9.17) is 4.74 Å². The molecule has 0 saturated heterocycles. The fourth-order valence-electron chi connectivity index (χ4n) is 1.78. The molecule has 0 bridgehead atoms. The first-order chi connectivity index (χ1) is 9.63. The van der Waals surface area contributed by atoms with Gasteiger partial charge in [-0.3, -0.25) is 9.59 Å². The molecule has 0 saturated carbocycles. The van der Waals surface area contributed by atoms with Crippen molar-refractivity contribution in [3.63, 3.8) is 0 Å². The van der Waals surface area contributed by atoms with E-state index in [9.17, 15) is 9.59 Å². The molecule has 20 heavy (non-hydrogen) atoms. The van der Waals surface area contributed by atoms with E-state index < -0.39 is 0 Å². The molecule has 0 fully saturated rings. The van der Waals surface area contributed by atoms with E-state index in [0.29, 0.717) is 11.3 Å². The number of rotatable bonds is 3. The van der Waals surface area contributed by atoms with Gasteiger partial charge in [0, 0.05) is 5.56 Å². The molecule has 2 aromatic rings. The van der Waals surface area contributed by atoms with Crippen LogP contribution in [0.3, 0.4) is 0 Å². The maximum atomic E-state index is 10.4. The number of hydrogen-bond acceptors (Lipinski definition) is 3. The molecular weight excluding hydrogens is 252 g/mol. The number of methoxy groups -OCH3 is 1. The summed E-state index contributed by atoms with van der Waals surface area (Å²) in [4.78, 5) is 20.8. The highest BCUT2D eigenvalue weighted by Crippen LogP contribution is 2.13. The second kappa shape index (κ2) is 7.89. The number of aldehydes is 2. The zero-order valence-electron chi connectivity index (χ0n) is 11.9. The Morgan fingerprint density at radius 2 is 1.45 bits per heavy atom. The van der Waals surface area contributed by atoms with Crippen LogP contribution < -0.4 is 4.74 Å². The highest BCUT2D eigenvalue weighted by Gasteiger charge is 1.97. The predicted molar refractivity (Wildman–Crippen MR) is 79.7 cm³/mol. The molecule has 0 aliphatic carbocycles. The first kappa shape index (κ1) is 15.6. The third-order valence-electron chi connectivity index (χ3n) is 2.93. The Hall–Kier alpha value is -2.42. The van der Waals surface area contributed by atoms with Crippen LogP contribution in [0.5, 0.6) is 5.75 Å². The van der Waals surface area contributed by atoms with Gasteiger partial charge in [-0.05, 0) is 37.1 Å². The van der Waals surface area contributed by atoms with E-state index in [1.54, 1.807) is 25.3 Å². The average molecular weight is 270 g/mol. The van der Waals surface area contributed by atoms with Gasteiger partial charge in [0.25, 0.3) is 0 Å². The number of benzene rings is 2. The van der Waals surface area contributed by atoms with Crippen molar-refractivity contribution in [3.05, 3.63) is 64.7 Å². The summed E-state index contributed by atoms with van der Waals surface area (Å²) in [5.41, 5.74) is 3.51. The second-order valence-electron chi connectivity index (χ2n) is 4.28. The maximum Gasteiger partial charge on any atom is 0.153 e. The molecule has 0 unspecified atom stereocenters. The molecule has 0 radical (unpaired) electrons. The molecule has 0 N–H and O–H groups in total. The van der Waals surface area contributed by atoms with E-state index >= 15 is 0 Å². The quantitative estimate of drug-likeness (QED) is 0.800. The van der Waals surface area contributed by atoms with Crippen molar-refractivity contribution in [1.82, 2.24) is 0 Å². The standard InChI is InChI=1S/C9H10O.C8H8O2/c1-7-4-3-5-8(2)9(7)6-10;1-10-8-5-3-2-4-7(8)6-9/h3-6H,1-2H3;2-6H,1H3. The molecule has 104 valence electrons. The van der Waals surface area contributed by atoms with Gasteiger partial charge in [-0.15, -0.1) is 0 Å². The van der Waals surface area contributed by atoms with E-state index in [1.165, 1.54) is 0 Å². The van der Waals surface area contributed by atoms with Gasteiger partial charge in [0.05, 0.1) is 12.7 Å². The predicted octanol–water partition coefficient (Wildman–Crippen LogP) is 3.62. The largest absolute Gasteiger partial charge is 0.496 e. The summed E-state index contributed by atoms with van der Waals surface area (Å²) < 4.78 is 4.90. The van der Waals surface area contributed by atoms with Crippen LogP contribution in [0.2, 0.25) is 0 Å². The van der Waals surface area contributed by atoms with Gasteiger partial charge >= 0.3 is 0 Å². The van der Waals surface area contributed by atoms with Gasteiger partial charge in [0.2, 0.25) is 0 Å². The molecule has 0 amide bonds. The fourth-order valence-corrected chi connectivity index (χ4v) is 1.78. The van der Waals surface area contributed by atoms with E-state index in [2.05, 4.69) is 0 Å². The molecule has 0 aliphatic rings. The SMILES string of the molecule is COc1ccccc1C=O.Cc1cccc(C)c1C=O. The molecule has 2 rings (SSSR count). The van der Waals surface area contributed by atoms with Gasteiger partial charge in [-0.25, -0.2) is 0 Å². The lowest BCUT2D eigenvalue weighted by molar-refractivity contribution is 0.111.